The Morgan fingerprint density at radius 2 is 2.04 bits per heavy atom. The molecule has 3 fully saturated rings. The van der Waals surface area contributed by atoms with Crippen LogP contribution in [0.15, 0.2) is 18.3 Å². The second-order valence-corrected chi connectivity index (χ2v) is 8.48. The fourth-order valence-corrected chi connectivity index (χ4v) is 4.89. The Morgan fingerprint density at radius 3 is 2.69 bits per heavy atom. The lowest BCUT2D eigenvalue weighted by molar-refractivity contribution is 0.00897. The number of hydrogen-bond donors (Lipinski definition) is 0. The highest BCUT2D eigenvalue weighted by Gasteiger charge is 2.49. The van der Waals surface area contributed by atoms with Crippen LogP contribution in [-0.4, -0.2) is 65.6 Å². The molecule has 0 aromatic carbocycles. The zero-order chi connectivity index (χ0) is 18.1. The van der Waals surface area contributed by atoms with Gasteiger partial charge in [0.05, 0.1) is 6.61 Å². The van der Waals surface area contributed by atoms with Crippen molar-refractivity contribution in [1.29, 1.82) is 0 Å². The Hall–Kier alpha value is -1.46. The molecule has 1 aliphatic carbocycles. The quantitative estimate of drug-likeness (QED) is 0.813. The number of nitrogens with zero attached hydrogens (tertiary/aromatic N) is 3. The van der Waals surface area contributed by atoms with Gasteiger partial charge >= 0.3 is 0 Å². The summed E-state index contributed by atoms with van der Waals surface area (Å²) >= 11 is 0. The third kappa shape index (κ3) is 3.52. The molecule has 1 aromatic rings. The number of carbonyl (C=O) groups is 1. The number of rotatable bonds is 5. The van der Waals surface area contributed by atoms with Gasteiger partial charge in [-0.2, -0.15) is 0 Å². The minimum Gasteiger partial charge on any atom is -0.383 e. The highest BCUT2D eigenvalue weighted by molar-refractivity contribution is 5.92. The van der Waals surface area contributed by atoms with Crippen molar-refractivity contribution >= 4 is 5.91 Å². The number of hydrogen-bond acceptors (Lipinski definition) is 4. The van der Waals surface area contributed by atoms with Crippen LogP contribution >= 0.6 is 0 Å². The van der Waals surface area contributed by atoms with Gasteiger partial charge in [0.25, 0.3) is 5.91 Å². The van der Waals surface area contributed by atoms with Gasteiger partial charge in [-0.05, 0) is 69.1 Å². The summed E-state index contributed by atoms with van der Waals surface area (Å²) in [5.74, 6) is 0.976. The van der Waals surface area contributed by atoms with E-state index in [2.05, 4.69) is 9.88 Å². The van der Waals surface area contributed by atoms with Crippen LogP contribution in [0, 0.1) is 12.8 Å². The maximum atomic E-state index is 12.8. The van der Waals surface area contributed by atoms with Crippen LogP contribution in [0.1, 0.15) is 54.6 Å². The average molecular weight is 357 g/mol. The van der Waals surface area contributed by atoms with Crippen LogP contribution in [0.4, 0.5) is 0 Å². The Balaban J connectivity index is 1.43. The molecule has 0 bridgehead atoms. The molecule has 4 rings (SSSR count). The third-order valence-electron chi connectivity index (χ3n) is 6.62. The molecule has 5 heteroatoms. The van der Waals surface area contributed by atoms with Crippen molar-refractivity contribution in [3.8, 4) is 0 Å². The second kappa shape index (κ2) is 7.28. The third-order valence-corrected chi connectivity index (χ3v) is 6.62. The summed E-state index contributed by atoms with van der Waals surface area (Å²) < 4.78 is 5.51. The van der Waals surface area contributed by atoms with E-state index in [4.69, 9.17) is 4.74 Å². The highest BCUT2D eigenvalue weighted by Crippen LogP contribution is 2.44. The van der Waals surface area contributed by atoms with Gasteiger partial charge < -0.3 is 9.64 Å². The topological polar surface area (TPSA) is 45.7 Å². The van der Waals surface area contributed by atoms with E-state index in [0.717, 1.165) is 44.0 Å². The van der Waals surface area contributed by atoms with E-state index in [1.54, 1.807) is 6.20 Å². The molecule has 1 atom stereocenters. The molecular formula is C21H31N3O2. The summed E-state index contributed by atoms with van der Waals surface area (Å²) in [7, 11) is 1.82. The molecule has 2 aliphatic heterocycles. The molecular weight excluding hydrogens is 326 g/mol. The van der Waals surface area contributed by atoms with Crippen LogP contribution in [0.3, 0.4) is 0 Å². The SMILES string of the molecule is COCC1CCC2(CCN(C(=O)c3cc(C)ccn3)CC2)N1CC1CC1. The molecule has 1 unspecified atom stereocenters. The molecule has 1 saturated carbocycles. The molecule has 0 radical (unpaired) electrons. The number of likely N-dealkylation sites (tertiary alicyclic amines) is 2. The van der Waals surface area contributed by atoms with Crippen molar-refractivity contribution in [2.75, 3.05) is 33.4 Å². The van der Waals surface area contributed by atoms with Crippen molar-refractivity contribution in [3.63, 3.8) is 0 Å². The lowest BCUT2D eigenvalue weighted by Gasteiger charge is -2.46. The van der Waals surface area contributed by atoms with Crippen molar-refractivity contribution in [3.05, 3.63) is 29.6 Å². The molecule has 26 heavy (non-hydrogen) atoms. The molecule has 3 heterocycles. The van der Waals surface area contributed by atoms with Crippen molar-refractivity contribution in [2.45, 2.75) is 57.0 Å². The summed E-state index contributed by atoms with van der Waals surface area (Å²) in [4.78, 5) is 21.9. The summed E-state index contributed by atoms with van der Waals surface area (Å²) in [6.07, 6.45) is 9.14. The predicted molar refractivity (Wildman–Crippen MR) is 101 cm³/mol. The summed E-state index contributed by atoms with van der Waals surface area (Å²) in [5.41, 5.74) is 1.95. The van der Waals surface area contributed by atoms with Crippen LogP contribution < -0.4 is 0 Å². The van der Waals surface area contributed by atoms with Crippen LogP contribution in [-0.2, 0) is 4.74 Å². The fourth-order valence-electron chi connectivity index (χ4n) is 4.89. The summed E-state index contributed by atoms with van der Waals surface area (Å²) in [6, 6.07) is 4.39. The maximum absolute atomic E-state index is 12.8. The maximum Gasteiger partial charge on any atom is 0.272 e. The molecule has 1 spiro atoms. The van der Waals surface area contributed by atoms with Crippen LogP contribution in [0.25, 0.3) is 0 Å². The molecule has 2 saturated heterocycles. The standard InChI is InChI=1S/C21H31N3O2/c1-16-6-10-22-19(13-16)20(25)23-11-8-21(9-12-23)7-5-18(15-26-2)24(21)14-17-3-4-17/h6,10,13,17-18H,3-5,7-9,11-12,14-15H2,1-2H3. The first-order chi connectivity index (χ1) is 12.6. The zero-order valence-corrected chi connectivity index (χ0v) is 16.1. The van der Waals surface area contributed by atoms with Crippen molar-refractivity contribution in [2.24, 2.45) is 5.92 Å². The van der Waals surface area contributed by atoms with Crippen LogP contribution in [0.5, 0.6) is 0 Å². The second-order valence-electron chi connectivity index (χ2n) is 8.48. The summed E-state index contributed by atoms with van der Waals surface area (Å²) in [6.45, 7) is 5.75. The monoisotopic (exact) mass is 357 g/mol. The molecule has 1 aromatic heterocycles. The van der Waals surface area contributed by atoms with E-state index in [-0.39, 0.29) is 11.4 Å². The number of carbonyl (C=O) groups excluding carboxylic acids is 1. The lowest BCUT2D eigenvalue weighted by Crippen LogP contribution is -2.56. The van der Waals surface area contributed by atoms with Gasteiger partial charge in [-0.15, -0.1) is 0 Å². The Kier molecular flexibility index (Phi) is 5.02. The normalized spacial score (nSPS) is 25.8. The van der Waals surface area contributed by atoms with Gasteiger partial charge in [-0.3, -0.25) is 14.7 Å². The van der Waals surface area contributed by atoms with E-state index in [0.29, 0.717) is 11.7 Å². The minimum absolute atomic E-state index is 0.0868. The number of aromatic nitrogens is 1. The number of ether oxygens (including phenoxy) is 1. The van der Waals surface area contributed by atoms with E-state index >= 15 is 0 Å². The fraction of sp³-hybridized carbons (Fsp3) is 0.714. The van der Waals surface area contributed by atoms with Gasteiger partial charge in [-0.1, -0.05) is 0 Å². The molecule has 0 N–H and O–H groups in total. The van der Waals surface area contributed by atoms with E-state index in [9.17, 15) is 4.79 Å². The van der Waals surface area contributed by atoms with Gasteiger partial charge in [0, 0.05) is 44.5 Å². The minimum atomic E-state index is 0.0868. The first-order valence-corrected chi connectivity index (χ1v) is 10.1. The number of piperidine rings is 1. The van der Waals surface area contributed by atoms with Gasteiger partial charge in [0.1, 0.15) is 5.69 Å². The lowest BCUT2D eigenvalue weighted by atomic mass is 9.84. The number of methoxy groups -OCH3 is 1. The highest BCUT2D eigenvalue weighted by atomic mass is 16.5. The molecule has 5 nitrogen and oxygen atoms in total. The van der Waals surface area contributed by atoms with Crippen LogP contribution in [0.2, 0.25) is 0 Å². The number of pyridine rings is 1. The smallest absolute Gasteiger partial charge is 0.272 e. The zero-order valence-electron chi connectivity index (χ0n) is 16.1. The predicted octanol–water partition coefficient (Wildman–Crippen LogP) is 2.89. The number of amides is 1. The Morgan fingerprint density at radius 1 is 1.27 bits per heavy atom. The van der Waals surface area contributed by atoms with Crippen molar-refractivity contribution < 1.29 is 9.53 Å². The van der Waals surface area contributed by atoms with Gasteiger partial charge in [0.2, 0.25) is 0 Å². The first-order valence-electron chi connectivity index (χ1n) is 10.1. The first kappa shape index (κ1) is 17.9. The van der Waals surface area contributed by atoms with E-state index < -0.39 is 0 Å². The molecule has 1 amide bonds. The average Bonchev–Trinajstić information content (AvgIpc) is 3.42. The molecule has 3 aliphatic rings. The number of aryl methyl sites for hydroxylation is 1. The van der Waals surface area contributed by atoms with E-state index in [1.165, 1.54) is 32.2 Å². The van der Waals surface area contributed by atoms with Crippen molar-refractivity contribution in [1.82, 2.24) is 14.8 Å². The molecule has 142 valence electrons. The largest absolute Gasteiger partial charge is 0.383 e. The van der Waals surface area contributed by atoms with Gasteiger partial charge in [-0.25, -0.2) is 0 Å². The Labute approximate surface area is 156 Å². The summed E-state index contributed by atoms with van der Waals surface area (Å²) in [5, 5.41) is 0. The van der Waals surface area contributed by atoms with E-state index in [1.807, 2.05) is 31.1 Å². The Bertz CT molecular complexity index is 650. The van der Waals surface area contributed by atoms with Gasteiger partial charge in [0.15, 0.2) is 0 Å².